The van der Waals surface area contributed by atoms with E-state index in [4.69, 9.17) is 0 Å². The van der Waals surface area contributed by atoms with Crippen LogP contribution in [0.25, 0.3) is 0 Å². The number of carbonyl (C=O) groups is 8. The number of thiol groups is 1. The molecule has 0 aliphatic carbocycles. The summed E-state index contributed by atoms with van der Waals surface area (Å²) in [6.07, 6.45) is 4.07. The molecule has 4 heterocycles. The number of nitrogens with one attached hydrogen (secondary N) is 6. The van der Waals surface area contributed by atoms with E-state index in [1.165, 1.54) is 21.0 Å². The van der Waals surface area contributed by atoms with E-state index < -0.39 is 76.6 Å². The maximum absolute atomic E-state index is 13.6. The van der Waals surface area contributed by atoms with E-state index in [0.717, 1.165) is 18.4 Å². The van der Waals surface area contributed by atoms with E-state index in [2.05, 4.69) is 31.9 Å². The van der Waals surface area contributed by atoms with Gasteiger partial charge < -0.3 is 36.8 Å². The Bertz CT molecular complexity index is 1550. The summed E-state index contributed by atoms with van der Waals surface area (Å²) in [5.41, 5.74) is 1.09. The van der Waals surface area contributed by atoms with Crippen LogP contribution in [0.5, 0.6) is 0 Å². The molecule has 8 amide bonds. The topological polar surface area (TPSA) is 215 Å². The minimum atomic E-state index is -1.32. The Morgan fingerprint density at radius 1 is 1.02 bits per heavy atom. The van der Waals surface area contributed by atoms with E-state index in [-0.39, 0.29) is 43.0 Å². The molecular formula is C37H56N8O8S2. The molecule has 304 valence electrons. The van der Waals surface area contributed by atoms with E-state index >= 15 is 0 Å². The zero-order valence-electron chi connectivity index (χ0n) is 31.9. The zero-order valence-corrected chi connectivity index (χ0v) is 33.6. The third-order valence-electron chi connectivity index (χ3n) is 9.52. The number of amides is 8. The highest BCUT2D eigenvalue weighted by Gasteiger charge is 2.38. The first-order chi connectivity index (χ1) is 26.4. The summed E-state index contributed by atoms with van der Waals surface area (Å²) < 4.78 is 1.38. The fraction of sp³-hybridized carbons (Fsp3) is 0.622. The van der Waals surface area contributed by atoms with Crippen LogP contribution in [0.1, 0.15) is 71.3 Å². The number of benzene rings is 1. The number of hydrogen-bond donors (Lipinski definition) is 7. The lowest BCUT2D eigenvalue weighted by atomic mass is 10.0. The van der Waals surface area contributed by atoms with E-state index in [1.54, 1.807) is 0 Å². The van der Waals surface area contributed by atoms with Crippen LogP contribution >= 0.6 is 22.8 Å². The Morgan fingerprint density at radius 2 is 1.78 bits per heavy atom. The number of nitrogens with zero attached hydrogens (tertiary/aromatic N) is 2. The summed E-state index contributed by atoms with van der Waals surface area (Å²) in [5.74, 6) is -3.34. The first-order valence-corrected chi connectivity index (χ1v) is 21.8. The molecule has 1 aromatic rings. The van der Waals surface area contributed by atoms with E-state index in [9.17, 15) is 38.4 Å². The van der Waals surface area contributed by atoms with Crippen molar-refractivity contribution in [2.45, 2.75) is 95.6 Å². The maximum atomic E-state index is 13.6. The standard InChI is InChI=1S/C37H56N8O8S2/c1-4-5-12-26(33(50)38-16-14-25-10-7-6-8-11-25)42-35(52)28-13-9-17-44(28)32(49)21-39-31(48)22-45-37(53)36-43-30(47)20-40-34(51)27(19-24(2)3)41-29(46)15-18-55(45)23-54-36/h6-8,10-11,24,26-28,36,55H,4-5,9,12-23H2,1-3H3,(H,38,50)(H,39,48)(H,40,51)(H,41,46)(H,42,52)(H,43,47)/t26-,27-,28+,36-/m0/s1. The molecule has 4 aliphatic rings. The summed E-state index contributed by atoms with van der Waals surface area (Å²) in [4.78, 5) is 107. The van der Waals surface area contributed by atoms with Crippen molar-refractivity contribution < 1.29 is 38.4 Å². The van der Waals surface area contributed by atoms with Gasteiger partial charge in [0.15, 0.2) is 5.37 Å². The van der Waals surface area contributed by atoms with E-state index in [0.29, 0.717) is 50.3 Å². The minimum Gasteiger partial charge on any atom is -0.354 e. The molecule has 0 spiro atoms. The van der Waals surface area contributed by atoms with Gasteiger partial charge in [0.25, 0.3) is 5.91 Å². The smallest absolute Gasteiger partial charge is 0.264 e. The molecule has 0 radical (unpaired) electrons. The molecule has 5 rings (SSSR count). The minimum absolute atomic E-state index is 0.0299. The molecule has 16 nitrogen and oxygen atoms in total. The molecule has 0 saturated carbocycles. The highest BCUT2D eigenvalue weighted by Crippen LogP contribution is 2.42. The summed E-state index contributed by atoms with van der Waals surface area (Å²) in [5, 5.41) is 15.7. The Kier molecular flexibility index (Phi) is 17.1. The second-order valence-electron chi connectivity index (χ2n) is 14.3. The van der Waals surface area contributed by atoms with Gasteiger partial charge in [0.05, 0.1) is 13.1 Å². The van der Waals surface area contributed by atoms with Crippen LogP contribution in [-0.4, -0.2) is 124 Å². The second-order valence-corrected chi connectivity index (χ2v) is 18.1. The van der Waals surface area contributed by atoms with Crippen molar-refractivity contribution in [3.05, 3.63) is 35.9 Å². The summed E-state index contributed by atoms with van der Waals surface area (Å²) >= 11 is -0.115. The van der Waals surface area contributed by atoms with Gasteiger partial charge >= 0.3 is 0 Å². The molecule has 5 atom stereocenters. The van der Waals surface area contributed by atoms with Crippen LogP contribution in [-0.2, 0) is 44.8 Å². The number of hydrogen-bond acceptors (Lipinski definition) is 9. The van der Waals surface area contributed by atoms with Crippen LogP contribution in [0.4, 0.5) is 0 Å². The van der Waals surface area contributed by atoms with Gasteiger partial charge in [-0.25, -0.2) is 0 Å². The number of thioether (sulfide) groups is 1. The molecule has 4 aliphatic heterocycles. The Balaban J connectivity index is 1.33. The van der Waals surface area contributed by atoms with Gasteiger partial charge in [0, 0.05) is 30.3 Å². The maximum Gasteiger partial charge on any atom is 0.264 e. The van der Waals surface area contributed by atoms with Crippen molar-refractivity contribution >= 4 is 70.1 Å². The van der Waals surface area contributed by atoms with Crippen LogP contribution < -0.4 is 31.9 Å². The van der Waals surface area contributed by atoms with Crippen molar-refractivity contribution in [3.63, 3.8) is 0 Å². The van der Waals surface area contributed by atoms with Crippen LogP contribution in [0.3, 0.4) is 0 Å². The molecule has 6 N–H and O–H groups in total. The lowest BCUT2D eigenvalue weighted by molar-refractivity contribution is -0.140. The summed E-state index contributed by atoms with van der Waals surface area (Å²) in [6.45, 7) is 5.38. The fourth-order valence-electron chi connectivity index (χ4n) is 6.58. The summed E-state index contributed by atoms with van der Waals surface area (Å²) in [7, 11) is 0. The second kappa shape index (κ2) is 21.7. The van der Waals surface area contributed by atoms with Gasteiger partial charge in [0.1, 0.15) is 24.7 Å². The molecule has 2 bridgehead atoms. The number of fused-ring (bicyclic) bond motifs is 11. The molecule has 4 saturated heterocycles. The van der Waals surface area contributed by atoms with Gasteiger partial charge in [-0.2, -0.15) is 11.1 Å². The predicted octanol–water partition coefficient (Wildman–Crippen LogP) is 0.0697. The quantitative estimate of drug-likeness (QED) is 0.0943. The Labute approximate surface area is 329 Å². The van der Waals surface area contributed by atoms with Crippen molar-refractivity contribution in [2.24, 2.45) is 5.92 Å². The Morgan fingerprint density at radius 3 is 2.51 bits per heavy atom. The van der Waals surface area contributed by atoms with Crippen LogP contribution in [0, 0.1) is 5.92 Å². The van der Waals surface area contributed by atoms with Gasteiger partial charge in [-0.3, -0.25) is 42.7 Å². The van der Waals surface area contributed by atoms with Crippen molar-refractivity contribution in [3.8, 4) is 0 Å². The monoisotopic (exact) mass is 804 g/mol. The first-order valence-electron chi connectivity index (χ1n) is 19.1. The zero-order chi connectivity index (χ0) is 39.9. The normalized spacial score (nSPS) is 23.3. The van der Waals surface area contributed by atoms with Crippen LogP contribution in [0.15, 0.2) is 30.3 Å². The molecule has 4 fully saturated rings. The van der Waals surface area contributed by atoms with Gasteiger partial charge in [-0.1, -0.05) is 63.9 Å². The van der Waals surface area contributed by atoms with Crippen LogP contribution in [0.2, 0.25) is 0 Å². The largest absolute Gasteiger partial charge is 0.354 e. The third kappa shape index (κ3) is 13.4. The Hall–Kier alpha value is -4.32. The fourth-order valence-corrected chi connectivity index (χ4v) is 10.9. The number of unbranched alkanes of at least 4 members (excludes halogenated alkanes) is 1. The lowest BCUT2D eigenvalue weighted by Gasteiger charge is -2.41. The van der Waals surface area contributed by atoms with Crippen molar-refractivity contribution in [1.82, 2.24) is 41.1 Å². The van der Waals surface area contributed by atoms with E-state index in [1.807, 2.05) is 51.1 Å². The summed E-state index contributed by atoms with van der Waals surface area (Å²) in [6, 6.07) is 7.39. The number of likely N-dealkylation sites (tertiary alicyclic amines) is 1. The SMILES string of the molecule is CCCC[C@H](NC(=O)[C@H]1CCCN1C(=O)CNC(=O)CN1C(=O)[C@H]2NC(=O)CNC(=O)[C@H](CC(C)C)NC(=O)CC[SH]1CS2)C(=O)NCCc1ccccc1. The van der Waals surface area contributed by atoms with Crippen molar-refractivity contribution in [2.75, 3.05) is 43.6 Å². The third-order valence-corrected chi connectivity index (χ3v) is 13.7. The molecule has 55 heavy (non-hydrogen) atoms. The molecular weight excluding hydrogens is 749 g/mol. The lowest BCUT2D eigenvalue weighted by Crippen LogP contribution is -2.55. The average Bonchev–Trinajstić information content (AvgIpc) is 3.66. The number of rotatable bonds is 15. The first kappa shape index (κ1) is 43.4. The highest BCUT2D eigenvalue weighted by molar-refractivity contribution is 8.26. The van der Waals surface area contributed by atoms with Gasteiger partial charge in [-0.15, -0.1) is 11.8 Å². The molecule has 1 unspecified atom stereocenters. The highest BCUT2D eigenvalue weighted by atomic mass is 32.3. The number of carbonyl (C=O) groups excluding carboxylic acids is 8. The van der Waals surface area contributed by atoms with Gasteiger partial charge in [-0.05, 0) is 43.6 Å². The molecule has 18 heteroatoms. The van der Waals surface area contributed by atoms with Crippen molar-refractivity contribution in [1.29, 1.82) is 0 Å². The molecule has 0 aromatic heterocycles. The predicted molar refractivity (Wildman–Crippen MR) is 211 cm³/mol. The van der Waals surface area contributed by atoms with Gasteiger partial charge in [0.2, 0.25) is 41.4 Å². The molecule has 1 aromatic carbocycles. The average molecular weight is 805 g/mol.